The number of thiocarbonyl (C=S) groups is 1. The summed E-state index contributed by atoms with van der Waals surface area (Å²) in [5.74, 6) is -1.59. The molecule has 1 aromatic rings. The van der Waals surface area contributed by atoms with Crippen molar-refractivity contribution in [1.82, 2.24) is 0 Å². The van der Waals surface area contributed by atoms with Crippen molar-refractivity contribution in [1.29, 1.82) is 0 Å². The van der Waals surface area contributed by atoms with Crippen molar-refractivity contribution in [2.45, 2.75) is 13.8 Å². The van der Waals surface area contributed by atoms with Crippen LogP contribution in [0.15, 0.2) is 12.1 Å². The van der Waals surface area contributed by atoms with Crippen LogP contribution < -0.4 is 11.1 Å². The second-order valence-corrected chi connectivity index (χ2v) is 4.37. The third-order valence-electron chi connectivity index (χ3n) is 2.05. The van der Waals surface area contributed by atoms with E-state index in [0.717, 1.165) is 0 Å². The van der Waals surface area contributed by atoms with Crippen molar-refractivity contribution in [3.8, 4) is 0 Å². The van der Waals surface area contributed by atoms with Gasteiger partial charge in [0.1, 0.15) is 4.99 Å². The molecule has 0 aliphatic carbocycles. The van der Waals surface area contributed by atoms with E-state index in [1.807, 2.05) is 13.8 Å². The van der Waals surface area contributed by atoms with Crippen LogP contribution in [-0.2, 0) is 0 Å². The number of hydrogen-bond donors (Lipinski definition) is 2. The number of halogens is 2. The first-order valence-electron chi connectivity index (χ1n) is 4.95. The Labute approximate surface area is 98.8 Å². The van der Waals surface area contributed by atoms with Crippen LogP contribution in [0.5, 0.6) is 0 Å². The third kappa shape index (κ3) is 2.88. The standard InChI is InChI=1S/C11H14F2N2S/c1-6(2)5-15-8-4-3-7(11(14)16)9(12)10(8)13/h3-4,6,15H,5H2,1-2H3,(H2,14,16). The second kappa shape index (κ2) is 5.21. The predicted molar refractivity (Wildman–Crippen MR) is 65.6 cm³/mol. The first-order valence-corrected chi connectivity index (χ1v) is 5.36. The van der Waals surface area contributed by atoms with Gasteiger partial charge >= 0.3 is 0 Å². The topological polar surface area (TPSA) is 38.0 Å². The molecule has 1 rings (SSSR count). The summed E-state index contributed by atoms with van der Waals surface area (Å²) < 4.78 is 27.0. The molecule has 0 bridgehead atoms. The average molecular weight is 244 g/mol. The highest BCUT2D eigenvalue weighted by Gasteiger charge is 2.14. The van der Waals surface area contributed by atoms with Crippen LogP contribution in [0.3, 0.4) is 0 Å². The molecule has 0 atom stereocenters. The van der Waals surface area contributed by atoms with Gasteiger partial charge in [0.05, 0.1) is 5.69 Å². The maximum absolute atomic E-state index is 13.5. The zero-order chi connectivity index (χ0) is 12.3. The molecule has 0 heterocycles. The molecule has 2 nitrogen and oxygen atoms in total. The smallest absolute Gasteiger partial charge is 0.182 e. The lowest BCUT2D eigenvalue weighted by Crippen LogP contribution is -2.15. The summed E-state index contributed by atoms with van der Waals surface area (Å²) in [6.45, 7) is 4.53. The van der Waals surface area contributed by atoms with Crippen LogP contribution in [0.4, 0.5) is 14.5 Å². The zero-order valence-electron chi connectivity index (χ0n) is 9.18. The molecular weight excluding hydrogens is 230 g/mol. The Morgan fingerprint density at radius 2 is 2.00 bits per heavy atom. The lowest BCUT2D eigenvalue weighted by molar-refractivity contribution is 0.508. The normalized spacial score (nSPS) is 10.6. The van der Waals surface area contributed by atoms with Gasteiger partial charge in [-0.05, 0) is 18.1 Å². The van der Waals surface area contributed by atoms with E-state index < -0.39 is 11.6 Å². The molecule has 0 radical (unpaired) electrons. The van der Waals surface area contributed by atoms with Crippen molar-refractivity contribution < 1.29 is 8.78 Å². The van der Waals surface area contributed by atoms with Gasteiger partial charge in [0, 0.05) is 12.1 Å². The highest BCUT2D eigenvalue weighted by molar-refractivity contribution is 7.80. The highest BCUT2D eigenvalue weighted by Crippen LogP contribution is 2.20. The summed E-state index contributed by atoms with van der Waals surface area (Å²) in [6.07, 6.45) is 0. The predicted octanol–water partition coefficient (Wildman–Crippen LogP) is 2.67. The van der Waals surface area contributed by atoms with E-state index >= 15 is 0 Å². The summed E-state index contributed by atoms with van der Waals surface area (Å²) in [7, 11) is 0. The molecule has 16 heavy (non-hydrogen) atoms. The third-order valence-corrected chi connectivity index (χ3v) is 2.27. The van der Waals surface area contributed by atoms with Crippen LogP contribution in [0.1, 0.15) is 19.4 Å². The molecular formula is C11H14F2N2S. The minimum atomic E-state index is -0.999. The Hall–Kier alpha value is -1.23. The van der Waals surface area contributed by atoms with E-state index in [9.17, 15) is 8.78 Å². The molecule has 0 spiro atoms. The monoisotopic (exact) mass is 244 g/mol. The molecule has 0 saturated carbocycles. The van der Waals surface area contributed by atoms with Crippen LogP contribution >= 0.6 is 12.2 Å². The van der Waals surface area contributed by atoms with Gasteiger partial charge in [-0.2, -0.15) is 0 Å². The Kier molecular flexibility index (Phi) is 4.18. The van der Waals surface area contributed by atoms with Crippen molar-refractivity contribution >= 4 is 22.9 Å². The molecule has 0 aromatic heterocycles. The first kappa shape index (κ1) is 12.8. The van der Waals surface area contributed by atoms with E-state index in [1.165, 1.54) is 12.1 Å². The fourth-order valence-corrected chi connectivity index (χ4v) is 1.35. The molecule has 1 aromatic carbocycles. The van der Waals surface area contributed by atoms with Crippen LogP contribution in [0, 0.1) is 17.6 Å². The van der Waals surface area contributed by atoms with Gasteiger partial charge in [0.25, 0.3) is 0 Å². The maximum atomic E-state index is 13.5. The number of nitrogens with one attached hydrogen (secondary N) is 1. The summed E-state index contributed by atoms with van der Waals surface area (Å²) in [4.78, 5) is -0.146. The van der Waals surface area contributed by atoms with E-state index in [-0.39, 0.29) is 16.2 Å². The van der Waals surface area contributed by atoms with Crippen molar-refractivity contribution in [2.24, 2.45) is 11.7 Å². The number of hydrogen-bond acceptors (Lipinski definition) is 2. The Balaban J connectivity index is 2.98. The first-order chi connectivity index (χ1) is 7.43. The SMILES string of the molecule is CC(C)CNc1ccc(C(N)=S)c(F)c1F. The number of rotatable bonds is 4. The minimum absolute atomic E-state index is 0.0670. The summed E-state index contributed by atoms with van der Waals surface area (Å²) in [6, 6.07) is 2.82. The van der Waals surface area contributed by atoms with Crippen LogP contribution in [0.2, 0.25) is 0 Å². The summed E-state index contributed by atoms with van der Waals surface area (Å²) >= 11 is 4.61. The van der Waals surface area contributed by atoms with Gasteiger partial charge in [0.15, 0.2) is 11.6 Å². The molecule has 0 saturated heterocycles. The van der Waals surface area contributed by atoms with Gasteiger partial charge in [-0.15, -0.1) is 0 Å². The zero-order valence-corrected chi connectivity index (χ0v) is 10.00. The largest absolute Gasteiger partial charge is 0.389 e. The van der Waals surface area contributed by atoms with Crippen molar-refractivity contribution in [2.75, 3.05) is 11.9 Å². The quantitative estimate of drug-likeness (QED) is 0.800. The molecule has 5 heteroatoms. The lowest BCUT2D eigenvalue weighted by atomic mass is 10.1. The van der Waals surface area contributed by atoms with Gasteiger partial charge < -0.3 is 11.1 Å². The molecule has 0 amide bonds. The van der Waals surface area contributed by atoms with E-state index in [4.69, 9.17) is 5.73 Å². The van der Waals surface area contributed by atoms with Crippen molar-refractivity contribution in [3.63, 3.8) is 0 Å². The molecule has 88 valence electrons. The summed E-state index contributed by atoms with van der Waals surface area (Å²) in [5.41, 5.74) is 5.32. The lowest BCUT2D eigenvalue weighted by Gasteiger charge is -2.11. The second-order valence-electron chi connectivity index (χ2n) is 3.93. The van der Waals surface area contributed by atoms with Crippen molar-refractivity contribution in [3.05, 3.63) is 29.3 Å². The van der Waals surface area contributed by atoms with Gasteiger partial charge in [-0.1, -0.05) is 26.1 Å². The summed E-state index contributed by atoms with van der Waals surface area (Å²) in [5, 5.41) is 2.82. The Morgan fingerprint density at radius 1 is 1.38 bits per heavy atom. The van der Waals surface area contributed by atoms with Crippen LogP contribution in [0.25, 0.3) is 0 Å². The fourth-order valence-electron chi connectivity index (χ4n) is 1.19. The fraction of sp³-hybridized carbons (Fsp3) is 0.364. The Morgan fingerprint density at radius 3 is 2.50 bits per heavy atom. The minimum Gasteiger partial charge on any atom is -0.389 e. The Bertz CT molecular complexity index is 405. The molecule has 0 unspecified atom stereocenters. The number of nitrogens with two attached hydrogens (primary N) is 1. The molecule has 0 fully saturated rings. The van der Waals surface area contributed by atoms with E-state index in [2.05, 4.69) is 17.5 Å². The van der Waals surface area contributed by atoms with Gasteiger partial charge in [0.2, 0.25) is 0 Å². The molecule has 0 aliphatic rings. The van der Waals surface area contributed by atoms with E-state index in [0.29, 0.717) is 12.5 Å². The average Bonchev–Trinajstić information content (AvgIpc) is 2.19. The van der Waals surface area contributed by atoms with Crippen LogP contribution in [-0.4, -0.2) is 11.5 Å². The van der Waals surface area contributed by atoms with Gasteiger partial charge in [-0.25, -0.2) is 8.78 Å². The number of benzene rings is 1. The molecule has 3 N–H and O–H groups in total. The van der Waals surface area contributed by atoms with Gasteiger partial charge in [-0.3, -0.25) is 0 Å². The van der Waals surface area contributed by atoms with E-state index in [1.54, 1.807) is 0 Å². The molecule has 0 aliphatic heterocycles. The highest BCUT2D eigenvalue weighted by atomic mass is 32.1. The maximum Gasteiger partial charge on any atom is 0.182 e. The number of anilines is 1.